The normalized spacial score (nSPS) is 16.3. The zero-order valence-corrected chi connectivity index (χ0v) is 15.2. The first kappa shape index (κ1) is 18.8. The van der Waals surface area contributed by atoms with Crippen LogP contribution in [0.5, 0.6) is 11.5 Å². The Labute approximate surface area is 158 Å². The Morgan fingerprint density at radius 3 is 2.59 bits per heavy atom. The van der Waals surface area contributed by atoms with Crippen LogP contribution in [0.1, 0.15) is 18.9 Å². The summed E-state index contributed by atoms with van der Waals surface area (Å²) in [6.07, 6.45) is 0.803. The first-order valence-corrected chi connectivity index (χ1v) is 9.00. The predicted molar refractivity (Wildman–Crippen MR) is 99.7 cm³/mol. The molecule has 1 amide bonds. The number of fused-ring (bicyclic) bond motifs is 1. The summed E-state index contributed by atoms with van der Waals surface area (Å²) in [5, 5.41) is 2.84. The lowest BCUT2D eigenvalue weighted by Crippen LogP contribution is -2.41. The maximum absolute atomic E-state index is 12.1. The summed E-state index contributed by atoms with van der Waals surface area (Å²) in [6.45, 7) is 1.65. The molecule has 2 aromatic rings. The quantitative estimate of drug-likeness (QED) is 0.759. The molecule has 1 N–H and O–H groups in total. The number of hydrogen-bond acceptors (Lipinski definition) is 5. The number of rotatable bonds is 7. The smallest absolute Gasteiger partial charge is 0.351 e. The van der Waals surface area contributed by atoms with E-state index in [0.717, 1.165) is 12.8 Å². The first-order chi connectivity index (χ1) is 13.1. The highest BCUT2D eigenvalue weighted by molar-refractivity contribution is 5.82. The number of benzene rings is 2. The Kier molecular flexibility index (Phi) is 6.30. The number of esters is 1. The molecule has 27 heavy (non-hydrogen) atoms. The second kappa shape index (κ2) is 9.07. The molecule has 1 aliphatic rings. The molecule has 142 valence electrons. The maximum Gasteiger partial charge on any atom is 0.351 e. The summed E-state index contributed by atoms with van der Waals surface area (Å²) in [5.41, 5.74) is 1.22. The number of carbonyl (C=O) groups excluding carboxylic acids is 2. The fourth-order valence-corrected chi connectivity index (χ4v) is 2.78. The number of carbonyl (C=O) groups is 2. The molecule has 3 rings (SSSR count). The van der Waals surface area contributed by atoms with Crippen molar-refractivity contribution in [2.24, 2.45) is 0 Å². The summed E-state index contributed by atoms with van der Waals surface area (Å²) >= 11 is 0. The van der Waals surface area contributed by atoms with Gasteiger partial charge < -0.3 is 19.5 Å². The van der Waals surface area contributed by atoms with Crippen LogP contribution in [0.15, 0.2) is 54.6 Å². The predicted octanol–water partition coefficient (Wildman–Crippen LogP) is 2.51. The molecule has 0 radical (unpaired) electrons. The van der Waals surface area contributed by atoms with Crippen molar-refractivity contribution < 1.29 is 23.8 Å². The average Bonchev–Trinajstić information content (AvgIpc) is 2.71. The van der Waals surface area contributed by atoms with Crippen LogP contribution in [-0.2, 0) is 20.7 Å². The van der Waals surface area contributed by atoms with E-state index in [0.29, 0.717) is 11.5 Å². The Morgan fingerprint density at radius 2 is 1.81 bits per heavy atom. The molecular formula is C21H23NO5. The third kappa shape index (κ3) is 5.48. The van der Waals surface area contributed by atoms with Gasteiger partial charge in [0.15, 0.2) is 18.1 Å². The van der Waals surface area contributed by atoms with E-state index >= 15 is 0 Å². The van der Waals surface area contributed by atoms with Gasteiger partial charge in [-0.25, -0.2) is 4.79 Å². The van der Waals surface area contributed by atoms with Crippen molar-refractivity contribution in [3.05, 3.63) is 60.2 Å². The molecule has 6 heteroatoms. The lowest BCUT2D eigenvalue weighted by atomic mass is 10.1. The van der Waals surface area contributed by atoms with Gasteiger partial charge in [-0.2, -0.15) is 0 Å². The fourth-order valence-electron chi connectivity index (χ4n) is 2.78. The van der Waals surface area contributed by atoms with Crippen LogP contribution in [0, 0.1) is 0 Å². The van der Waals surface area contributed by atoms with Crippen molar-refractivity contribution in [1.82, 2.24) is 5.32 Å². The average molecular weight is 369 g/mol. The van der Waals surface area contributed by atoms with Crippen molar-refractivity contribution in [2.75, 3.05) is 13.2 Å². The number of para-hydroxylation sites is 2. The first-order valence-electron chi connectivity index (χ1n) is 9.00. The van der Waals surface area contributed by atoms with E-state index in [2.05, 4.69) is 17.4 Å². The second-order valence-corrected chi connectivity index (χ2v) is 6.46. The van der Waals surface area contributed by atoms with Gasteiger partial charge >= 0.3 is 5.97 Å². The highest BCUT2D eigenvalue weighted by Gasteiger charge is 2.29. The van der Waals surface area contributed by atoms with Crippen LogP contribution in [0.2, 0.25) is 0 Å². The lowest BCUT2D eigenvalue weighted by molar-refractivity contribution is -0.157. The van der Waals surface area contributed by atoms with E-state index in [9.17, 15) is 9.59 Å². The van der Waals surface area contributed by atoms with Crippen LogP contribution in [0.25, 0.3) is 0 Å². The minimum atomic E-state index is -0.872. The Balaban J connectivity index is 1.38. The van der Waals surface area contributed by atoms with Gasteiger partial charge in [0, 0.05) is 6.04 Å². The van der Waals surface area contributed by atoms with Crippen molar-refractivity contribution >= 4 is 11.9 Å². The van der Waals surface area contributed by atoms with E-state index < -0.39 is 12.1 Å². The van der Waals surface area contributed by atoms with E-state index in [1.807, 2.05) is 31.2 Å². The largest absolute Gasteiger partial charge is 0.485 e. The van der Waals surface area contributed by atoms with Gasteiger partial charge in [-0.05, 0) is 37.5 Å². The number of amides is 1. The summed E-state index contributed by atoms with van der Waals surface area (Å²) < 4.78 is 16.1. The third-order valence-electron chi connectivity index (χ3n) is 4.23. The van der Waals surface area contributed by atoms with Crippen molar-refractivity contribution in [3.8, 4) is 11.5 Å². The number of ether oxygens (including phenoxy) is 3. The van der Waals surface area contributed by atoms with Crippen LogP contribution >= 0.6 is 0 Å². The minimum Gasteiger partial charge on any atom is -0.485 e. The highest BCUT2D eigenvalue weighted by Crippen LogP contribution is 2.31. The van der Waals surface area contributed by atoms with Crippen LogP contribution in [-0.4, -0.2) is 37.2 Å². The molecule has 0 aromatic heterocycles. The Bertz CT molecular complexity index is 777. The van der Waals surface area contributed by atoms with E-state index in [1.54, 1.807) is 18.2 Å². The monoisotopic (exact) mass is 369 g/mol. The molecule has 2 atom stereocenters. The fraction of sp³-hybridized carbons (Fsp3) is 0.333. The van der Waals surface area contributed by atoms with E-state index in [4.69, 9.17) is 14.2 Å². The Hall–Kier alpha value is -3.02. The van der Waals surface area contributed by atoms with Crippen LogP contribution < -0.4 is 14.8 Å². The van der Waals surface area contributed by atoms with Crippen LogP contribution in [0.4, 0.5) is 0 Å². The molecule has 1 heterocycles. The minimum absolute atomic E-state index is 0.0162. The van der Waals surface area contributed by atoms with Gasteiger partial charge in [-0.3, -0.25) is 4.79 Å². The maximum atomic E-state index is 12.1. The third-order valence-corrected chi connectivity index (χ3v) is 4.23. The zero-order chi connectivity index (χ0) is 19.1. The van der Waals surface area contributed by atoms with E-state index in [-0.39, 0.29) is 25.2 Å². The summed E-state index contributed by atoms with van der Waals surface area (Å²) in [7, 11) is 0. The molecule has 0 fully saturated rings. The topological polar surface area (TPSA) is 73.9 Å². The lowest BCUT2D eigenvalue weighted by Gasteiger charge is -2.24. The molecule has 0 bridgehead atoms. The molecule has 1 aliphatic heterocycles. The van der Waals surface area contributed by atoms with E-state index in [1.165, 1.54) is 5.56 Å². The SMILES string of the molecule is CC(CCc1ccccc1)NC(=O)COC(=O)C1COc2ccccc2O1. The van der Waals surface area contributed by atoms with Gasteiger partial charge in [0.05, 0.1) is 0 Å². The number of hydrogen-bond donors (Lipinski definition) is 1. The molecule has 2 unspecified atom stereocenters. The standard InChI is InChI=1S/C21H23NO5/c1-15(11-12-16-7-3-2-4-8-16)22-20(23)14-26-21(24)19-13-25-17-9-5-6-10-18(17)27-19/h2-10,15,19H,11-14H2,1H3,(H,22,23). The molecule has 0 saturated heterocycles. The van der Waals surface area contributed by atoms with Crippen LogP contribution in [0.3, 0.4) is 0 Å². The molecule has 2 aromatic carbocycles. The molecular weight excluding hydrogens is 346 g/mol. The number of nitrogens with one attached hydrogen (secondary N) is 1. The molecule has 0 aliphatic carbocycles. The Morgan fingerprint density at radius 1 is 1.11 bits per heavy atom. The highest BCUT2D eigenvalue weighted by atomic mass is 16.6. The summed E-state index contributed by atoms with van der Waals surface area (Å²) in [6, 6.07) is 17.2. The zero-order valence-electron chi connectivity index (χ0n) is 15.2. The molecule has 0 spiro atoms. The van der Waals surface area contributed by atoms with Crippen molar-refractivity contribution in [2.45, 2.75) is 31.9 Å². The summed E-state index contributed by atoms with van der Waals surface area (Å²) in [4.78, 5) is 24.1. The van der Waals surface area contributed by atoms with Gasteiger partial charge in [0.2, 0.25) is 6.10 Å². The second-order valence-electron chi connectivity index (χ2n) is 6.46. The van der Waals surface area contributed by atoms with Crippen molar-refractivity contribution in [3.63, 3.8) is 0 Å². The van der Waals surface area contributed by atoms with Gasteiger partial charge in [-0.15, -0.1) is 0 Å². The number of aryl methyl sites for hydroxylation is 1. The van der Waals surface area contributed by atoms with Gasteiger partial charge in [-0.1, -0.05) is 42.5 Å². The van der Waals surface area contributed by atoms with Gasteiger partial charge in [0.1, 0.15) is 6.61 Å². The molecule has 0 saturated carbocycles. The summed E-state index contributed by atoms with van der Waals surface area (Å²) in [5.74, 6) is 0.133. The molecule has 6 nitrogen and oxygen atoms in total. The van der Waals surface area contributed by atoms with Gasteiger partial charge in [0.25, 0.3) is 5.91 Å². The van der Waals surface area contributed by atoms with Crippen molar-refractivity contribution in [1.29, 1.82) is 0 Å².